The van der Waals surface area contributed by atoms with Crippen LogP contribution in [0.5, 0.6) is 11.5 Å². The highest BCUT2D eigenvalue weighted by Gasteiger charge is 2.26. The highest BCUT2D eigenvalue weighted by molar-refractivity contribution is 7.17. The summed E-state index contributed by atoms with van der Waals surface area (Å²) in [7, 11) is 1.55. The summed E-state index contributed by atoms with van der Waals surface area (Å²) >= 11 is 1.46. The second-order valence-electron chi connectivity index (χ2n) is 6.14. The topological polar surface area (TPSA) is 95.7 Å². The number of hydrogen-bond donors (Lipinski definition) is 1. The lowest BCUT2D eigenvalue weighted by molar-refractivity contribution is -0.118. The van der Waals surface area contributed by atoms with E-state index < -0.39 is 0 Å². The number of nitrogens with zero attached hydrogens (tertiary/aromatic N) is 2. The molecule has 4 rings (SSSR count). The Morgan fingerprint density at radius 1 is 1.32 bits per heavy atom. The predicted octanol–water partition coefficient (Wildman–Crippen LogP) is 3.21. The third kappa shape index (κ3) is 3.71. The van der Waals surface area contributed by atoms with Crippen LogP contribution in [0, 0.1) is 6.92 Å². The molecule has 0 atom stereocenters. The number of methoxy groups -OCH3 is 1. The maximum Gasteiger partial charge on any atom is 0.262 e. The van der Waals surface area contributed by atoms with Crippen LogP contribution in [-0.4, -0.2) is 36.4 Å². The quantitative estimate of drug-likeness (QED) is 0.677. The summed E-state index contributed by atoms with van der Waals surface area (Å²) in [6, 6.07) is 7.18. The summed E-state index contributed by atoms with van der Waals surface area (Å²) in [5, 5.41) is 7.45. The summed E-state index contributed by atoms with van der Waals surface area (Å²) < 4.78 is 21.7. The molecule has 2 aromatic heterocycles. The van der Waals surface area contributed by atoms with Crippen LogP contribution in [-0.2, 0) is 22.6 Å². The average Bonchev–Trinajstić information content (AvgIpc) is 3.29. The van der Waals surface area contributed by atoms with Gasteiger partial charge in [-0.1, -0.05) is 17.3 Å². The fourth-order valence-electron chi connectivity index (χ4n) is 2.99. The molecule has 0 radical (unpaired) electrons. The molecule has 3 heterocycles. The molecule has 8 nitrogen and oxygen atoms in total. The highest BCUT2D eigenvalue weighted by atomic mass is 32.1. The van der Waals surface area contributed by atoms with E-state index in [4.69, 9.17) is 18.7 Å². The zero-order chi connectivity index (χ0) is 19.5. The van der Waals surface area contributed by atoms with Crippen molar-refractivity contribution in [1.82, 2.24) is 10.1 Å². The Kier molecular flexibility index (Phi) is 5.27. The number of thiophene rings is 1. The van der Waals surface area contributed by atoms with Gasteiger partial charge in [0.05, 0.1) is 25.9 Å². The molecule has 1 aliphatic heterocycles. The number of benzene rings is 1. The first kappa shape index (κ1) is 18.5. The summed E-state index contributed by atoms with van der Waals surface area (Å²) in [6.07, 6.45) is 0.732. The van der Waals surface area contributed by atoms with Crippen molar-refractivity contribution in [3.8, 4) is 23.0 Å². The van der Waals surface area contributed by atoms with Gasteiger partial charge in [0.1, 0.15) is 5.00 Å². The first-order valence-corrected chi connectivity index (χ1v) is 9.56. The van der Waals surface area contributed by atoms with Crippen LogP contribution in [0.4, 0.5) is 5.00 Å². The van der Waals surface area contributed by atoms with E-state index in [0.29, 0.717) is 41.4 Å². The molecule has 0 saturated carbocycles. The minimum absolute atomic E-state index is 0.151. The summed E-state index contributed by atoms with van der Waals surface area (Å²) in [6.45, 7) is 2.73. The molecule has 1 amide bonds. The van der Waals surface area contributed by atoms with E-state index in [1.165, 1.54) is 11.3 Å². The van der Waals surface area contributed by atoms with E-state index in [-0.39, 0.29) is 12.5 Å². The third-order valence-corrected chi connectivity index (χ3v) is 5.36. The lowest BCUT2D eigenvalue weighted by Crippen LogP contribution is -2.20. The van der Waals surface area contributed by atoms with Crippen LogP contribution in [0.2, 0.25) is 0 Å². The van der Waals surface area contributed by atoms with Crippen LogP contribution >= 0.6 is 11.3 Å². The Hall–Kier alpha value is -2.91. The number of hydrogen-bond acceptors (Lipinski definition) is 8. The van der Waals surface area contributed by atoms with Crippen molar-refractivity contribution in [1.29, 1.82) is 0 Å². The van der Waals surface area contributed by atoms with E-state index in [1.807, 2.05) is 12.1 Å². The molecule has 0 aliphatic carbocycles. The van der Waals surface area contributed by atoms with Crippen LogP contribution in [0.15, 0.2) is 28.8 Å². The van der Waals surface area contributed by atoms with Gasteiger partial charge in [0.15, 0.2) is 23.9 Å². The molecule has 1 N–H and O–H groups in total. The molecule has 1 aromatic carbocycles. The molecule has 0 saturated heterocycles. The number of anilines is 1. The van der Waals surface area contributed by atoms with Gasteiger partial charge in [0.25, 0.3) is 11.8 Å². The van der Waals surface area contributed by atoms with Gasteiger partial charge in [-0.15, -0.1) is 11.3 Å². The minimum atomic E-state index is -0.289. The van der Waals surface area contributed by atoms with Gasteiger partial charge in [-0.05, 0) is 31.0 Å². The maximum atomic E-state index is 12.5. The standard InChI is InChI=1S/C19H19N3O5S/c1-11-20-18(27-22-11)17-12-7-8-25-9-15(12)28-19(17)21-16(23)10-26-14-6-4-3-5-13(14)24-2/h3-6H,7-10H2,1-2H3,(H,21,23). The van der Waals surface area contributed by atoms with Gasteiger partial charge >= 0.3 is 0 Å². The number of fused-ring (bicyclic) bond motifs is 1. The Morgan fingerprint density at radius 3 is 2.89 bits per heavy atom. The largest absolute Gasteiger partial charge is 0.493 e. The maximum absolute atomic E-state index is 12.5. The van der Waals surface area contributed by atoms with Crippen LogP contribution in [0.1, 0.15) is 16.3 Å². The number of rotatable bonds is 6. The van der Waals surface area contributed by atoms with Crippen molar-refractivity contribution < 1.29 is 23.5 Å². The first-order chi connectivity index (χ1) is 13.7. The molecule has 0 bridgehead atoms. The van der Waals surface area contributed by atoms with Crippen molar-refractivity contribution in [2.24, 2.45) is 0 Å². The summed E-state index contributed by atoms with van der Waals surface area (Å²) in [4.78, 5) is 17.9. The van der Waals surface area contributed by atoms with E-state index in [1.54, 1.807) is 26.2 Å². The Morgan fingerprint density at radius 2 is 2.14 bits per heavy atom. The number of aryl methyl sites for hydroxylation is 1. The minimum Gasteiger partial charge on any atom is -0.493 e. The summed E-state index contributed by atoms with van der Waals surface area (Å²) in [5.74, 6) is 1.73. The molecule has 0 spiro atoms. The number of carbonyl (C=O) groups excluding carboxylic acids is 1. The normalized spacial score (nSPS) is 13.1. The van der Waals surface area contributed by atoms with E-state index >= 15 is 0 Å². The predicted molar refractivity (Wildman–Crippen MR) is 103 cm³/mol. The SMILES string of the molecule is COc1ccccc1OCC(=O)Nc1sc2c(c1-c1nc(C)no1)CCOC2. The van der Waals surface area contributed by atoms with Crippen LogP contribution < -0.4 is 14.8 Å². The molecule has 1 aliphatic rings. The lowest BCUT2D eigenvalue weighted by Gasteiger charge is -2.12. The zero-order valence-electron chi connectivity index (χ0n) is 15.5. The van der Waals surface area contributed by atoms with Crippen molar-refractivity contribution in [3.05, 3.63) is 40.5 Å². The second-order valence-corrected chi connectivity index (χ2v) is 7.25. The number of ether oxygens (including phenoxy) is 3. The molecule has 146 valence electrons. The van der Waals surface area contributed by atoms with Gasteiger partial charge in [0.2, 0.25) is 0 Å². The van der Waals surface area contributed by atoms with Gasteiger partial charge in [-0.3, -0.25) is 4.79 Å². The van der Waals surface area contributed by atoms with Crippen LogP contribution in [0.25, 0.3) is 11.5 Å². The fraction of sp³-hybridized carbons (Fsp3) is 0.316. The smallest absolute Gasteiger partial charge is 0.262 e. The third-order valence-electron chi connectivity index (χ3n) is 4.24. The van der Waals surface area contributed by atoms with Crippen molar-refractivity contribution in [2.75, 3.05) is 25.6 Å². The molecule has 3 aromatic rings. The Balaban J connectivity index is 1.54. The van der Waals surface area contributed by atoms with E-state index in [9.17, 15) is 4.79 Å². The molecule has 28 heavy (non-hydrogen) atoms. The van der Waals surface area contributed by atoms with Crippen molar-refractivity contribution in [2.45, 2.75) is 20.0 Å². The highest BCUT2D eigenvalue weighted by Crippen LogP contribution is 2.42. The molecule has 0 fully saturated rings. The van der Waals surface area contributed by atoms with Gasteiger partial charge in [-0.2, -0.15) is 4.98 Å². The first-order valence-electron chi connectivity index (χ1n) is 8.74. The monoisotopic (exact) mass is 401 g/mol. The second kappa shape index (κ2) is 7.99. The van der Waals surface area contributed by atoms with Crippen LogP contribution in [0.3, 0.4) is 0 Å². The van der Waals surface area contributed by atoms with E-state index in [2.05, 4.69) is 15.5 Å². The number of amides is 1. The van der Waals surface area contributed by atoms with Gasteiger partial charge in [-0.25, -0.2) is 0 Å². The summed E-state index contributed by atoms with van der Waals surface area (Å²) in [5.41, 5.74) is 1.86. The number of para-hydroxylation sites is 2. The molecular formula is C19H19N3O5S. The molecule has 0 unspecified atom stereocenters. The van der Waals surface area contributed by atoms with Crippen molar-refractivity contribution >= 4 is 22.2 Å². The fourth-order valence-corrected chi connectivity index (χ4v) is 4.18. The van der Waals surface area contributed by atoms with Gasteiger partial charge in [0, 0.05) is 4.88 Å². The Bertz CT molecular complexity index is 997. The average molecular weight is 401 g/mol. The molecule has 9 heteroatoms. The lowest BCUT2D eigenvalue weighted by atomic mass is 10.1. The Labute approximate surface area is 165 Å². The van der Waals surface area contributed by atoms with E-state index in [0.717, 1.165) is 22.4 Å². The van der Waals surface area contributed by atoms with Gasteiger partial charge < -0.3 is 24.1 Å². The number of aromatic nitrogens is 2. The number of nitrogens with one attached hydrogen (secondary N) is 1. The zero-order valence-corrected chi connectivity index (χ0v) is 16.3. The van der Waals surface area contributed by atoms with Crippen molar-refractivity contribution in [3.63, 3.8) is 0 Å². The number of carbonyl (C=O) groups is 1. The molecular weight excluding hydrogens is 382 g/mol.